The minimum absolute atomic E-state index is 0.0963. The second kappa shape index (κ2) is 10.1. The van der Waals surface area contributed by atoms with Crippen LogP contribution in [0.15, 0.2) is 61.2 Å². The van der Waals surface area contributed by atoms with Gasteiger partial charge in [-0.1, -0.05) is 36.4 Å². The van der Waals surface area contributed by atoms with E-state index in [1.54, 1.807) is 6.08 Å². The molecular formula is C20H23N3O4. The standard InChI is InChI=1S/C20H23N3O4/c1-3-12-22(13-11-16-7-5-4-6-8-16)15-20(24)21-18-10-9-17(23(25)26)14-19(18)27-2/h3-10,14H,1,11-13,15H2,2H3,(H,21,24). The predicted molar refractivity (Wildman–Crippen MR) is 105 cm³/mol. The Kier molecular flexibility index (Phi) is 7.51. The van der Waals surface area contributed by atoms with E-state index < -0.39 is 4.92 Å². The summed E-state index contributed by atoms with van der Waals surface area (Å²) >= 11 is 0. The van der Waals surface area contributed by atoms with Crippen molar-refractivity contribution in [2.75, 3.05) is 32.1 Å². The number of nitrogens with zero attached hydrogens (tertiary/aromatic N) is 2. The smallest absolute Gasteiger partial charge is 0.273 e. The molecule has 0 radical (unpaired) electrons. The Bertz CT molecular complexity index is 793. The molecule has 1 amide bonds. The van der Waals surface area contributed by atoms with Gasteiger partial charge in [0.2, 0.25) is 5.91 Å². The molecule has 7 nitrogen and oxygen atoms in total. The number of hydrogen-bond donors (Lipinski definition) is 1. The Labute approximate surface area is 158 Å². The van der Waals surface area contributed by atoms with Gasteiger partial charge >= 0.3 is 0 Å². The molecule has 0 unspecified atom stereocenters. The topological polar surface area (TPSA) is 84.7 Å². The van der Waals surface area contributed by atoms with Crippen LogP contribution in [-0.2, 0) is 11.2 Å². The zero-order valence-corrected chi connectivity index (χ0v) is 15.3. The van der Waals surface area contributed by atoms with Crippen molar-refractivity contribution >= 4 is 17.3 Å². The molecule has 2 aromatic carbocycles. The molecule has 0 saturated carbocycles. The third-order valence-electron chi connectivity index (χ3n) is 3.98. The van der Waals surface area contributed by atoms with E-state index in [-0.39, 0.29) is 23.9 Å². The number of amides is 1. The fraction of sp³-hybridized carbons (Fsp3) is 0.250. The average Bonchev–Trinajstić information content (AvgIpc) is 2.67. The van der Waals surface area contributed by atoms with Crippen molar-refractivity contribution in [2.45, 2.75) is 6.42 Å². The van der Waals surface area contributed by atoms with Crippen LogP contribution in [0.1, 0.15) is 5.56 Å². The van der Waals surface area contributed by atoms with Crippen LogP contribution < -0.4 is 10.1 Å². The van der Waals surface area contributed by atoms with Crippen LogP contribution in [-0.4, -0.2) is 42.5 Å². The molecule has 2 rings (SSSR count). The van der Waals surface area contributed by atoms with Crippen LogP contribution in [0, 0.1) is 10.1 Å². The van der Waals surface area contributed by atoms with Gasteiger partial charge in [-0.05, 0) is 18.1 Å². The van der Waals surface area contributed by atoms with E-state index in [9.17, 15) is 14.9 Å². The SMILES string of the molecule is C=CCN(CCc1ccccc1)CC(=O)Nc1ccc([N+](=O)[O-])cc1OC. The van der Waals surface area contributed by atoms with Gasteiger partial charge in [-0.25, -0.2) is 0 Å². The molecule has 2 aromatic rings. The third-order valence-corrected chi connectivity index (χ3v) is 3.98. The van der Waals surface area contributed by atoms with Crippen LogP contribution in [0.25, 0.3) is 0 Å². The van der Waals surface area contributed by atoms with Crippen molar-refractivity contribution in [3.8, 4) is 5.75 Å². The molecule has 0 bridgehead atoms. The number of nitrogens with one attached hydrogen (secondary N) is 1. The van der Waals surface area contributed by atoms with E-state index in [1.165, 1.54) is 30.9 Å². The Hall–Kier alpha value is -3.19. The molecule has 7 heteroatoms. The fourth-order valence-electron chi connectivity index (χ4n) is 2.64. The van der Waals surface area contributed by atoms with Gasteiger partial charge in [-0.2, -0.15) is 0 Å². The van der Waals surface area contributed by atoms with E-state index in [1.807, 2.05) is 35.2 Å². The lowest BCUT2D eigenvalue weighted by Crippen LogP contribution is -2.35. The van der Waals surface area contributed by atoms with Gasteiger partial charge in [0.15, 0.2) is 0 Å². The maximum absolute atomic E-state index is 12.4. The highest BCUT2D eigenvalue weighted by Crippen LogP contribution is 2.28. The fourth-order valence-corrected chi connectivity index (χ4v) is 2.64. The summed E-state index contributed by atoms with van der Waals surface area (Å²) in [5, 5.41) is 13.6. The minimum Gasteiger partial charge on any atom is -0.494 e. The quantitative estimate of drug-likeness (QED) is 0.395. The monoisotopic (exact) mass is 369 g/mol. The number of rotatable bonds is 10. The highest BCUT2D eigenvalue weighted by atomic mass is 16.6. The predicted octanol–water partition coefficient (Wildman–Crippen LogP) is 3.27. The summed E-state index contributed by atoms with van der Waals surface area (Å²) in [6.45, 7) is 5.21. The van der Waals surface area contributed by atoms with Crippen LogP contribution >= 0.6 is 0 Å². The van der Waals surface area contributed by atoms with Crippen molar-refractivity contribution in [1.29, 1.82) is 0 Å². The zero-order valence-electron chi connectivity index (χ0n) is 15.3. The van der Waals surface area contributed by atoms with Gasteiger partial charge in [-0.15, -0.1) is 6.58 Å². The first-order chi connectivity index (χ1) is 13.0. The molecule has 0 spiro atoms. The number of anilines is 1. The summed E-state index contributed by atoms with van der Waals surface area (Å²) < 4.78 is 5.15. The average molecular weight is 369 g/mol. The molecular weight excluding hydrogens is 346 g/mol. The lowest BCUT2D eigenvalue weighted by molar-refractivity contribution is -0.384. The number of carbonyl (C=O) groups excluding carboxylic acids is 1. The number of nitro benzene ring substituents is 1. The minimum atomic E-state index is -0.510. The second-order valence-corrected chi connectivity index (χ2v) is 5.95. The van der Waals surface area contributed by atoms with Crippen LogP contribution in [0.4, 0.5) is 11.4 Å². The Morgan fingerprint density at radius 3 is 2.67 bits per heavy atom. The summed E-state index contributed by atoms with van der Waals surface area (Å²) in [5.74, 6) is 0.0224. The van der Waals surface area contributed by atoms with E-state index >= 15 is 0 Å². The number of methoxy groups -OCH3 is 1. The molecule has 142 valence electrons. The summed E-state index contributed by atoms with van der Waals surface area (Å²) in [4.78, 5) is 24.7. The molecule has 1 N–H and O–H groups in total. The Morgan fingerprint density at radius 1 is 1.30 bits per heavy atom. The maximum Gasteiger partial charge on any atom is 0.273 e. The van der Waals surface area contributed by atoms with Gasteiger partial charge in [0.05, 0.1) is 30.3 Å². The summed E-state index contributed by atoms with van der Waals surface area (Å²) in [7, 11) is 1.40. The molecule has 27 heavy (non-hydrogen) atoms. The Morgan fingerprint density at radius 2 is 2.04 bits per heavy atom. The van der Waals surface area contributed by atoms with Crippen LogP contribution in [0.2, 0.25) is 0 Å². The first kappa shape index (κ1) is 20.1. The van der Waals surface area contributed by atoms with E-state index in [2.05, 4.69) is 11.9 Å². The number of nitro groups is 1. The maximum atomic E-state index is 12.4. The lowest BCUT2D eigenvalue weighted by atomic mass is 10.1. The second-order valence-electron chi connectivity index (χ2n) is 5.95. The first-order valence-electron chi connectivity index (χ1n) is 8.53. The largest absolute Gasteiger partial charge is 0.494 e. The van der Waals surface area contributed by atoms with Crippen molar-refractivity contribution < 1.29 is 14.5 Å². The number of hydrogen-bond acceptors (Lipinski definition) is 5. The van der Waals surface area contributed by atoms with E-state index in [4.69, 9.17) is 4.74 Å². The Balaban J connectivity index is 1.98. The highest BCUT2D eigenvalue weighted by molar-refractivity contribution is 5.93. The van der Waals surface area contributed by atoms with Crippen LogP contribution in [0.3, 0.4) is 0 Å². The van der Waals surface area contributed by atoms with Gasteiger partial charge in [0.1, 0.15) is 5.75 Å². The summed E-state index contributed by atoms with van der Waals surface area (Å²) in [5.41, 5.74) is 1.50. The number of benzene rings is 2. The molecule has 0 atom stereocenters. The number of ether oxygens (including phenoxy) is 1. The first-order valence-corrected chi connectivity index (χ1v) is 8.53. The van der Waals surface area contributed by atoms with Gasteiger partial charge in [-0.3, -0.25) is 19.8 Å². The van der Waals surface area contributed by atoms with Crippen molar-refractivity contribution in [2.24, 2.45) is 0 Å². The molecule has 0 fully saturated rings. The molecule has 0 aliphatic carbocycles. The highest BCUT2D eigenvalue weighted by Gasteiger charge is 2.15. The molecule has 0 heterocycles. The van der Waals surface area contributed by atoms with Crippen molar-refractivity contribution in [3.05, 3.63) is 76.9 Å². The third kappa shape index (κ3) is 6.23. The number of non-ortho nitro benzene ring substituents is 1. The van der Waals surface area contributed by atoms with E-state index in [0.29, 0.717) is 18.8 Å². The normalized spacial score (nSPS) is 10.4. The van der Waals surface area contributed by atoms with Gasteiger partial charge in [0.25, 0.3) is 5.69 Å². The van der Waals surface area contributed by atoms with Crippen LogP contribution in [0.5, 0.6) is 5.75 Å². The molecule has 0 saturated heterocycles. The van der Waals surface area contributed by atoms with Crippen molar-refractivity contribution in [3.63, 3.8) is 0 Å². The summed E-state index contributed by atoms with van der Waals surface area (Å²) in [6, 6.07) is 14.1. The molecule has 0 aliphatic rings. The van der Waals surface area contributed by atoms with Gasteiger partial charge < -0.3 is 10.1 Å². The molecule has 0 aromatic heterocycles. The summed E-state index contributed by atoms with van der Waals surface area (Å²) in [6.07, 6.45) is 2.58. The number of carbonyl (C=O) groups is 1. The van der Waals surface area contributed by atoms with E-state index in [0.717, 1.165) is 6.42 Å². The lowest BCUT2D eigenvalue weighted by Gasteiger charge is -2.20. The zero-order chi connectivity index (χ0) is 19.6. The van der Waals surface area contributed by atoms with Gasteiger partial charge in [0, 0.05) is 19.2 Å². The molecule has 0 aliphatic heterocycles. The van der Waals surface area contributed by atoms with Crippen molar-refractivity contribution in [1.82, 2.24) is 4.90 Å².